The lowest BCUT2D eigenvalue weighted by atomic mass is 9.82. The van der Waals surface area contributed by atoms with Gasteiger partial charge in [0.2, 0.25) is 0 Å². The third-order valence-electron chi connectivity index (χ3n) is 15.3. The van der Waals surface area contributed by atoms with Crippen LogP contribution in [0.2, 0.25) is 10.0 Å². The summed E-state index contributed by atoms with van der Waals surface area (Å²) >= 11 is 12.3. The summed E-state index contributed by atoms with van der Waals surface area (Å²) in [7, 11) is 0. The van der Waals surface area contributed by atoms with Gasteiger partial charge in [-0.25, -0.2) is 28.1 Å². The Morgan fingerprint density at radius 3 is 1.37 bits per heavy atom. The first-order valence-electron chi connectivity index (χ1n) is 24.4. The highest BCUT2D eigenvalue weighted by molar-refractivity contribution is 6.30. The fourth-order valence-electron chi connectivity index (χ4n) is 12.3. The molecule has 2 saturated carbocycles. The highest BCUT2D eigenvalue weighted by Gasteiger charge is 2.44. The van der Waals surface area contributed by atoms with Crippen LogP contribution in [0.3, 0.4) is 0 Å². The molecule has 0 N–H and O–H groups in total. The molecule has 6 aliphatic rings. The molecule has 356 valence electrons. The molecular weight excluding hydrogens is 906 g/mol. The van der Waals surface area contributed by atoms with E-state index in [0.29, 0.717) is 69.9 Å². The van der Waals surface area contributed by atoms with Crippen molar-refractivity contribution in [2.24, 2.45) is 35.5 Å². The molecule has 2 unspecified atom stereocenters. The summed E-state index contributed by atoms with van der Waals surface area (Å²) < 4.78 is 44.2. The smallest absolute Gasteiger partial charge is 0.161 e. The van der Waals surface area contributed by atoms with Crippen LogP contribution in [0.5, 0.6) is 0 Å². The van der Waals surface area contributed by atoms with E-state index in [9.17, 15) is 8.78 Å². The Labute approximate surface area is 406 Å². The minimum absolute atomic E-state index is 0.363. The Balaban J connectivity index is 0.000000149. The Morgan fingerprint density at radius 1 is 0.574 bits per heavy atom. The number of aromatic nitrogens is 8. The van der Waals surface area contributed by atoms with E-state index in [-0.39, 0.29) is 11.6 Å². The molecule has 0 radical (unpaired) electrons. The molecule has 68 heavy (non-hydrogen) atoms. The largest absolute Gasteiger partial charge is 0.371 e. The molecule has 6 aromatic rings. The lowest BCUT2D eigenvalue weighted by Gasteiger charge is -2.39. The molecule has 4 aromatic heterocycles. The number of hydrogen-bond donors (Lipinski definition) is 0. The van der Waals surface area contributed by atoms with Crippen molar-refractivity contribution in [3.05, 3.63) is 141 Å². The van der Waals surface area contributed by atoms with Crippen LogP contribution in [-0.4, -0.2) is 78.9 Å². The summed E-state index contributed by atoms with van der Waals surface area (Å²) in [5.74, 6) is 6.29. The summed E-state index contributed by atoms with van der Waals surface area (Å²) in [5.41, 5.74) is 6.06. The van der Waals surface area contributed by atoms with Gasteiger partial charge in [0.15, 0.2) is 23.3 Å². The summed E-state index contributed by atoms with van der Waals surface area (Å²) in [6.07, 6.45) is 11.4. The van der Waals surface area contributed by atoms with Gasteiger partial charge in [-0.05, 0) is 160 Å². The minimum atomic E-state index is -0.453. The fourth-order valence-corrected chi connectivity index (χ4v) is 12.7. The van der Waals surface area contributed by atoms with E-state index in [1.54, 1.807) is 12.1 Å². The highest BCUT2D eigenvalue weighted by Crippen LogP contribution is 2.46. The average Bonchev–Trinajstić information content (AvgIpc) is 3.91. The van der Waals surface area contributed by atoms with Crippen molar-refractivity contribution in [1.82, 2.24) is 39.5 Å². The second-order valence-electron chi connectivity index (χ2n) is 19.9. The molecule has 2 saturated heterocycles. The molecular formula is C52H58Cl2F2N10O2. The zero-order valence-electron chi connectivity index (χ0n) is 38.7. The maximum atomic E-state index is 14.1. The van der Waals surface area contributed by atoms with Crippen LogP contribution in [0.1, 0.15) is 96.5 Å². The first-order chi connectivity index (χ1) is 33.1. The predicted molar refractivity (Wildman–Crippen MR) is 257 cm³/mol. The van der Waals surface area contributed by atoms with E-state index in [1.807, 2.05) is 35.6 Å². The van der Waals surface area contributed by atoms with Crippen LogP contribution in [0, 0.1) is 61.0 Å². The van der Waals surface area contributed by atoms with Gasteiger partial charge in [0.05, 0.1) is 0 Å². The average molecular weight is 964 g/mol. The van der Waals surface area contributed by atoms with Gasteiger partial charge in [-0.3, -0.25) is 9.97 Å². The third-order valence-corrected chi connectivity index (χ3v) is 15.8. The van der Waals surface area contributed by atoms with Crippen LogP contribution in [0.15, 0.2) is 73.1 Å². The van der Waals surface area contributed by atoms with Gasteiger partial charge in [0, 0.05) is 111 Å². The van der Waals surface area contributed by atoms with Gasteiger partial charge in [-0.2, -0.15) is 10.2 Å². The molecule has 4 bridgehead atoms. The second kappa shape index (κ2) is 19.4. The van der Waals surface area contributed by atoms with E-state index >= 15 is 0 Å². The third kappa shape index (κ3) is 9.62. The first-order valence-corrected chi connectivity index (χ1v) is 25.2. The second-order valence-corrected chi connectivity index (χ2v) is 20.8. The molecule has 4 aliphatic heterocycles. The standard InChI is InChI=1S/2C26H29ClFN5O/c2*1-16-9-22(5-6-29-16)32-14-17-3-4-18(15-32)23(17)13-24-30-26-25(34-8-2-7-33(26)31-24)19-10-20(27)12-21(28)11-19/h2*5-6,9-12,17-18,23,25H,2-4,7-8,13-15H2,1H3/t2*17-,18+,23?,25-/m10/s1. The van der Waals surface area contributed by atoms with Gasteiger partial charge in [0.25, 0.3) is 0 Å². The molecule has 8 atom stereocenters. The van der Waals surface area contributed by atoms with Crippen molar-refractivity contribution in [2.75, 3.05) is 49.2 Å². The zero-order valence-corrected chi connectivity index (χ0v) is 40.2. The summed E-state index contributed by atoms with van der Waals surface area (Å²) in [4.78, 5) is 23.7. The number of hydrogen-bond acceptors (Lipinski definition) is 10. The van der Waals surface area contributed by atoms with Crippen LogP contribution < -0.4 is 9.80 Å². The van der Waals surface area contributed by atoms with E-state index in [4.69, 9.17) is 52.8 Å². The summed E-state index contributed by atoms with van der Waals surface area (Å²) in [5, 5.41) is 10.5. The van der Waals surface area contributed by atoms with Crippen LogP contribution >= 0.6 is 23.2 Å². The van der Waals surface area contributed by atoms with Crippen molar-refractivity contribution in [3.8, 4) is 0 Å². The zero-order chi connectivity index (χ0) is 46.5. The Kier molecular flexibility index (Phi) is 13.0. The normalized spacial score (nSPS) is 26.4. The number of rotatable bonds is 8. The Hall–Kier alpha value is -5.02. The lowest BCUT2D eigenvalue weighted by molar-refractivity contribution is 0.0808. The van der Waals surface area contributed by atoms with Crippen molar-refractivity contribution in [1.29, 1.82) is 0 Å². The number of pyridine rings is 2. The van der Waals surface area contributed by atoms with Gasteiger partial charge in [0.1, 0.15) is 23.8 Å². The maximum absolute atomic E-state index is 14.1. The van der Waals surface area contributed by atoms with Gasteiger partial charge >= 0.3 is 0 Å². The summed E-state index contributed by atoms with van der Waals surface area (Å²) in [6.45, 7) is 11.1. The van der Waals surface area contributed by atoms with Crippen LogP contribution in [0.25, 0.3) is 0 Å². The number of halogens is 4. The summed E-state index contributed by atoms with van der Waals surface area (Å²) in [6, 6.07) is 17.7. The quantitative estimate of drug-likeness (QED) is 0.146. The number of nitrogens with zero attached hydrogens (tertiary/aromatic N) is 10. The highest BCUT2D eigenvalue weighted by atomic mass is 35.5. The Morgan fingerprint density at radius 2 is 0.985 bits per heavy atom. The molecule has 12 rings (SSSR count). The number of anilines is 2. The monoisotopic (exact) mass is 962 g/mol. The van der Waals surface area contributed by atoms with Crippen molar-refractivity contribution in [3.63, 3.8) is 0 Å². The van der Waals surface area contributed by atoms with Gasteiger partial charge in [-0.1, -0.05) is 23.2 Å². The maximum Gasteiger partial charge on any atom is 0.161 e. The topological polar surface area (TPSA) is 112 Å². The fraction of sp³-hybridized carbons (Fsp3) is 0.500. The van der Waals surface area contributed by atoms with E-state index in [2.05, 4.69) is 44.0 Å². The molecule has 0 amide bonds. The van der Waals surface area contributed by atoms with Crippen molar-refractivity contribution < 1.29 is 18.3 Å². The number of piperidine rings is 2. The number of aryl methyl sites for hydroxylation is 4. The molecule has 8 heterocycles. The van der Waals surface area contributed by atoms with Gasteiger partial charge < -0.3 is 19.3 Å². The molecule has 12 nitrogen and oxygen atoms in total. The predicted octanol–water partition coefficient (Wildman–Crippen LogP) is 9.98. The number of benzene rings is 2. The molecule has 2 aliphatic carbocycles. The van der Waals surface area contributed by atoms with Crippen LogP contribution in [0.4, 0.5) is 20.2 Å². The van der Waals surface area contributed by atoms with Crippen molar-refractivity contribution >= 4 is 34.6 Å². The van der Waals surface area contributed by atoms with Crippen LogP contribution in [-0.2, 0) is 35.4 Å². The Bertz CT molecular complexity index is 2520. The van der Waals surface area contributed by atoms with E-state index in [0.717, 1.165) is 99.6 Å². The number of fused-ring (bicyclic) bond motifs is 6. The van der Waals surface area contributed by atoms with Gasteiger partial charge in [-0.15, -0.1) is 0 Å². The SMILES string of the molecule is Cc1cc(N2C[C@H]3CC[C@@H](C2)C3Cc2nc3n(n2)CCCO[C@@H]3c2cc(F)cc(Cl)c2)ccn1.Cc1cc(N2C[C@H]3CC[C@@H](C2)C3Cc2nc3n(n2)CCCO[C@H]3c2cc(F)cc(Cl)c2)ccn1. The van der Waals surface area contributed by atoms with Crippen molar-refractivity contribution in [2.45, 2.75) is 90.5 Å². The number of ether oxygens (including phenoxy) is 2. The molecule has 4 fully saturated rings. The molecule has 0 spiro atoms. The van der Waals surface area contributed by atoms with E-state index in [1.165, 1.54) is 61.3 Å². The molecule has 2 aromatic carbocycles. The minimum Gasteiger partial charge on any atom is -0.371 e. The molecule has 16 heteroatoms. The van der Waals surface area contributed by atoms with E-state index < -0.39 is 12.2 Å². The first kappa shape index (κ1) is 45.4. The lowest BCUT2D eigenvalue weighted by Crippen LogP contribution is -2.42.